The maximum atomic E-state index is 9.20. The first kappa shape index (κ1) is 19.7. The van der Waals surface area contributed by atoms with Crippen LogP contribution in [0.15, 0.2) is 64.6 Å². The van der Waals surface area contributed by atoms with Gasteiger partial charge in [0.15, 0.2) is 5.84 Å². The van der Waals surface area contributed by atoms with E-state index in [-0.39, 0.29) is 6.61 Å². The van der Waals surface area contributed by atoms with Crippen LogP contribution in [0.4, 0.5) is 0 Å². The maximum Gasteiger partial charge on any atom is 0.154 e. The van der Waals surface area contributed by atoms with Crippen molar-refractivity contribution in [2.24, 2.45) is 9.98 Å². The topological polar surface area (TPSA) is 62.8 Å². The van der Waals surface area contributed by atoms with Crippen molar-refractivity contribution in [1.82, 2.24) is 9.78 Å². The zero-order chi connectivity index (χ0) is 20.1. The summed E-state index contributed by atoms with van der Waals surface area (Å²) in [5, 5.41) is 13.9. The van der Waals surface area contributed by atoms with Gasteiger partial charge in [0.25, 0.3) is 0 Å². The summed E-state index contributed by atoms with van der Waals surface area (Å²) in [6, 6.07) is 18.2. The van der Waals surface area contributed by atoms with Gasteiger partial charge in [-0.2, -0.15) is 5.10 Å². The Bertz CT molecular complexity index is 996. The number of aliphatic hydroxyl groups excluding tert-OH is 1. The summed E-state index contributed by atoms with van der Waals surface area (Å²) in [5.74, 6) is 0.646. The van der Waals surface area contributed by atoms with Crippen LogP contribution in [-0.4, -0.2) is 33.5 Å². The molecule has 144 valence electrons. The van der Waals surface area contributed by atoms with E-state index in [1.54, 1.807) is 7.05 Å². The number of amidine groups is 1. The fourth-order valence-corrected chi connectivity index (χ4v) is 2.93. The molecule has 0 unspecified atom stereocenters. The summed E-state index contributed by atoms with van der Waals surface area (Å²) < 4.78 is 2.00. The van der Waals surface area contributed by atoms with Gasteiger partial charge < -0.3 is 5.11 Å². The molecule has 0 fully saturated rings. The van der Waals surface area contributed by atoms with E-state index in [0.29, 0.717) is 5.84 Å². The number of rotatable bonds is 5. The third-order valence-corrected chi connectivity index (χ3v) is 4.68. The molecule has 1 aromatic heterocycles. The molecular weight excluding hydrogens is 348 g/mol. The molecule has 0 aliphatic rings. The average molecular weight is 374 g/mol. The maximum absolute atomic E-state index is 9.20. The van der Waals surface area contributed by atoms with Crippen LogP contribution in [0.25, 0.3) is 0 Å². The molecule has 0 spiro atoms. The first-order chi connectivity index (χ1) is 13.5. The van der Waals surface area contributed by atoms with E-state index >= 15 is 0 Å². The molecule has 0 radical (unpaired) electrons. The summed E-state index contributed by atoms with van der Waals surface area (Å²) in [6.45, 7) is 6.85. The zero-order valence-corrected chi connectivity index (χ0v) is 16.8. The van der Waals surface area contributed by atoms with Crippen LogP contribution in [0.5, 0.6) is 0 Å². The first-order valence-electron chi connectivity index (χ1n) is 9.32. The normalized spacial score (nSPS) is 12.5. The highest BCUT2D eigenvalue weighted by Crippen LogP contribution is 2.12. The monoisotopic (exact) mass is 374 g/mol. The van der Waals surface area contributed by atoms with Crippen LogP contribution in [0.2, 0.25) is 0 Å². The molecule has 0 amide bonds. The Morgan fingerprint density at radius 3 is 2.25 bits per heavy atom. The minimum absolute atomic E-state index is 0.0267. The molecule has 0 aliphatic heterocycles. The molecule has 28 heavy (non-hydrogen) atoms. The lowest BCUT2D eigenvalue weighted by Gasteiger charge is -2.05. The van der Waals surface area contributed by atoms with E-state index in [4.69, 9.17) is 10.1 Å². The molecule has 3 rings (SSSR count). The Balaban J connectivity index is 1.82. The number of benzene rings is 2. The number of aliphatic imine (C=N–C) groups is 2. The van der Waals surface area contributed by atoms with Gasteiger partial charge in [0.05, 0.1) is 18.9 Å². The van der Waals surface area contributed by atoms with Crippen molar-refractivity contribution < 1.29 is 5.11 Å². The molecule has 0 bridgehead atoms. The molecule has 1 heterocycles. The number of aliphatic hydroxyl groups is 1. The van der Waals surface area contributed by atoms with E-state index in [1.165, 1.54) is 11.1 Å². The minimum atomic E-state index is 0.0267. The van der Waals surface area contributed by atoms with Gasteiger partial charge in [-0.3, -0.25) is 9.67 Å². The van der Waals surface area contributed by atoms with Crippen LogP contribution >= 0.6 is 0 Å². The van der Waals surface area contributed by atoms with Crippen molar-refractivity contribution in [2.45, 2.75) is 33.9 Å². The van der Waals surface area contributed by atoms with Gasteiger partial charge in [-0.05, 0) is 38.0 Å². The fraction of sp³-hybridized carbons (Fsp3) is 0.261. The van der Waals surface area contributed by atoms with E-state index in [9.17, 15) is 5.11 Å². The van der Waals surface area contributed by atoms with Crippen LogP contribution in [0.1, 0.15) is 40.6 Å². The molecule has 0 aliphatic carbocycles. The second-order valence-corrected chi connectivity index (χ2v) is 6.91. The van der Waals surface area contributed by atoms with Crippen LogP contribution < -0.4 is 0 Å². The van der Waals surface area contributed by atoms with Crippen molar-refractivity contribution in [2.75, 3.05) is 7.05 Å². The number of hydrogen-bond acceptors (Lipinski definition) is 3. The summed E-state index contributed by atoms with van der Waals surface area (Å²) in [5.41, 5.74) is 7.00. The summed E-state index contributed by atoms with van der Waals surface area (Å²) >= 11 is 0. The van der Waals surface area contributed by atoms with E-state index in [0.717, 1.165) is 34.8 Å². The fourth-order valence-electron chi connectivity index (χ4n) is 2.93. The Morgan fingerprint density at radius 2 is 1.64 bits per heavy atom. The second kappa shape index (κ2) is 8.76. The van der Waals surface area contributed by atoms with Crippen molar-refractivity contribution >= 4 is 11.5 Å². The Kier molecular flexibility index (Phi) is 6.16. The molecule has 0 saturated heterocycles. The van der Waals surface area contributed by atoms with Gasteiger partial charge in [0.2, 0.25) is 0 Å². The molecule has 5 heteroatoms. The van der Waals surface area contributed by atoms with Crippen LogP contribution in [-0.2, 0) is 13.2 Å². The highest BCUT2D eigenvalue weighted by molar-refractivity contribution is 6.10. The van der Waals surface area contributed by atoms with Crippen molar-refractivity contribution in [3.8, 4) is 0 Å². The van der Waals surface area contributed by atoms with Gasteiger partial charge in [0.1, 0.15) is 5.69 Å². The molecule has 2 aromatic carbocycles. The van der Waals surface area contributed by atoms with Crippen LogP contribution in [0, 0.1) is 13.8 Å². The number of hydrogen-bond donors (Lipinski definition) is 1. The summed E-state index contributed by atoms with van der Waals surface area (Å²) in [4.78, 5) is 9.01. The molecular formula is C23H26N4O. The van der Waals surface area contributed by atoms with Gasteiger partial charge in [-0.15, -0.1) is 0 Å². The predicted molar refractivity (Wildman–Crippen MR) is 114 cm³/mol. The highest BCUT2D eigenvalue weighted by atomic mass is 16.3. The van der Waals surface area contributed by atoms with E-state index in [2.05, 4.69) is 49.2 Å². The summed E-state index contributed by atoms with van der Waals surface area (Å²) in [7, 11) is 1.73. The average Bonchev–Trinajstić information content (AvgIpc) is 3.08. The predicted octanol–water partition coefficient (Wildman–Crippen LogP) is 3.93. The Labute approximate surface area is 166 Å². The number of aromatic nitrogens is 2. The Morgan fingerprint density at radius 1 is 1.00 bits per heavy atom. The van der Waals surface area contributed by atoms with E-state index < -0.39 is 0 Å². The lowest BCUT2D eigenvalue weighted by Crippen LogP contribution is -2.07. The van der Waals surface area contributed by atoms with Crippen LogP contribution in [0.3, 0.4) is 0 Å². The third kappa shape index (κ3) is 4.61. The van der Waals surface area contributed by atoms with E-state index in [1.807, 2.05) is 35.9 Å². The lowest BCUT2D eigenvalue weighted by molar-refractivity contribution is 0.282. The largest absolute Gasteiger partial charge is 0.392 e. The quantitative estimate of drug-likeness (QED) is 0.543. The molecule has 3 aromatic rings. The standard InChI is InChI=1S/C23H26N4O/c1-16-5-7-19(8-6-16)14-27-17(2)13-22(26-27)18(3)25-23(24-4)21-11-9-20(15-28)10-12-21/h5-13,28H,14-15H2,1-4H3. The van der Waals surface area contributed by atoms with Gasteiger partial charge >= 0.3 is 0 Å². The second-order valence-electron chi connectivity index (χ2n) is 6.91. The van der Waals surface area contributed by atoms with Gasteiger partial charge in [-0.1, -0.05) is 54.1 Å². The first-order valence-corrected chi connectivity index (χ1v) is 9.32. The van der Waals surface area contributed by atoms with Crippen molar-refractivity contribution in [3.63, 3.8) is 0 Å². The SMILES string of the molecule is CN=C(N=C(C)c1cc(C)n(Cc2ccc(C)cc2)n1)c1ccc(CO)cc1. The molecule has 5 nitrogen and oxygen atoms in total. The van der Waals surface area contributed by atoms with Crippen molar-refractivity contribution in [3.05, 3.63) is 88.2 Å². The summed E-state index contributed by atoms with van der Waals surface area (Å²) in [6.07, 6.45) is 0. The molecule has 1 N–H and O–H groups in total. The van der Waals surface area contributed by atoms with Crippen molar-refractivity contribution in [1.29, 1.82) is 0 Å². The third-order valence-electron chi connectivity index (χ3n) is 4.68. The minimum Gasteiger partial charge on any atom is -0.392 e. The Hall–Kier alpha value is -3.05. The van der Waals surface area contributed by atoms with Gasteiger partial charge in [-0.25, -0.2) is 4.99 Å². The lowest BCUT2D eigenvalue weighted by atomic mass is 10.1. The highest BCUT2D eigenvalue weighted by Gasteiger charge is 2.10. The smallest absolute Gasteiger partial charge is 0.154 e. The van der Waals surface area contributed by atoms with Gasteiger partial charge in [0, 0.05) is 18.3 Å². The number of nitrogens with zero attached hydrogens (tertiary/aromatic N) is 4. The number of aryl methyl sites for hydroxylation is 2. The zero-order valence-electron chi connectivity index (χ0n) is 16.8. The molecule has 0 saturated carbocycles. The molecule has 0 atom stereocenters.